The van der Waals surface area contributed by atoms with Crippen molar-refractivity contribution in [2.24, 2.45) is 0 Å². The van der Waals surface area contributed by atoms with Crippen molar-refractivity contribution in [1.29, 1.82) is 0 Å². The summed E-state index contributed by atoms with van der Waals surface area (Å²) in [6.45, 7) is 1.10. The molecule has 36 heteroatoms. The predicted molar refractivity (Wildman–Crippen MR) is 351 cm³/mol. The van der Waals surface area contributed by atoms with E-state index < -0.39 is 32.8 Å². The maximum absolute atomic E-state index is 13.3. The molecule has 8 aromatic rings. The molecule has 436 valence electrons. The van der Waals surface area contributed by atoms with Crippen molar-refractivity contribution in [3.05, 3.63) is 183 Å². The first-order valence-corrected chi connectivity index (χ1v) is 45.2. The van der Waals surface area contributed by atoms with Gasteiger partial charge < -0.3 is 18.6 Å². The Morgan fingerprint density at radius 3 is 1.16 bits per heavy atom. The van der Waals surface area contributed by atoms with Crippen LogP contribution < -0.4 is 24.6 Å². The van der Waals surface area contributed by atoms with Crippen molar-refractivity contribution < 1.29 is 52.7 Å². The lowest BCUT2D eigenvalue weighted by Gasteiger charge is -2.10. The highest BCUT2D eigenvalue weighted by Gasteiger charge is 2.32. The van der Waals surface area contributed by atoms with Crippen molar-refractivity contribution in [3.8, 4) is 11.5 Å². The number of halogens is 6. The van der Waals surface area contributed by atoms with Gasteiger partial charge in [-0.1, -0.05) is 96.4 Å². The largest absolute Gasteiger partial charge is 0.573 e. The zero-order valence-electron chi connectivity index (χ0n) is 41.7. The van der Waals surface area contributed by atoms with E-state index in [0.29, 0.717) is 45.8 Å². The van der Waals surface area contributed by atoms with Crippen LogP contribution in [0.3, 0.4) is 0 Å². The van der Waals surface area contributed by atoms with Gasteiger partial charge in [0.2, 0.25) is 20.0 Å². The Morgan fingerprint density at radius 1 is 0.512 bits per heavy atom. The van der Waals surface area contributed by atoms with E-state index in [4.69, 9.17) is 47.0 Å². The molecule has 0 aliphatic carbocycles. The Balaban J connectivity index is 0.000000215. The molecule has 0 bridgehead atoms. The third-order valence-electron chi connectivity index (χ3n) is 10.5. The average Bonchev–Trinajstić information content (AvgIpc) is 4.01. The van der Waals surface area contributed by atoms with Crippen molar-refractivity contribution in [2.75, 3.05) is 22.0 Å². The van der Waals surface area contributed by atoms with E-state index in [1.807, 2.05) is 67.2 Å². The number of alkyl halides is 6. The highest BCUT2D eigenvalue weighted by atomic mass is 33.4. The first kappa shape index (κ1) is 67.6. The van der Waals surface area contributed by atoms with Crippen LogP contribution in [0.15, 0.2) is 150 Å². The molecule has 0 unspecified atom stereocenters. The molecule has 2 aromatic heterocycles. The van der Waals surface area contributed by atoms with E-state index in [-0.39, 0.29) is 37.3 Å². The number of para-hydroxylation sites is 4. The summed E-state index contributed by atoms with van der Waals surface area (Å²) in [6.07, 6.45) is -7.36. The van der Waals surface area contributed by atoms with E-state index in [1.54, 1.807) is 114 Å². The van der Waals surface area contributed by atoms with Crippen LogP contribution in [-0.4, -0.2) is 60.3 Å². The number of nitrogens with one attached hydrogen (secondary N) is 2. The molecular formula is C46H40F6N6O7P4S13. The fraction of sp³-hybridized carbons (Fsp3) is 0.174. The van der Waals surface area contributed by atoms with Gasteiger partial charge in [-0.05, 0) is 181 Å². The second-order valence-electron chi connectivity index (χ2n) is 16.4. The Morgan fingerprint density at radius 2 is 0.829 bits per heavy atom. The summed E-state index contributed by atoms with van der Waals surface area (Å²) < 4.78 is 140. The standard InChI is InChI=1S/C23H20F3N3O4S.C23H20F3N3O3S2.P4S10/c1-34(31,32)27-18-10-6-16(7-11-18)14-28-20-4-2-3-5-21(20)29(22(28)30)15-17-8-12-19(13-9-17)33-23(24,25)26;1-34(30,31)27-18-10-6-16(7-11-18)14-28-20-4-2-3-5-21(20)29(22(28)33)15-17-8-12-19(13-9-17)32-23(24,25)26;5-1-4(2-6)3-8-10-12-14-13-11-9-7/h2*2-13,27H,14-15H2,1H3;. The third-order valence-corrected chi connectivity index (χ3v) is 45.9. The minimum absolute atomic E-state index is 0.151. The van der Waals surface area contributed by atoms with Gasteiger partial charge in [0.25, 0.3) is 0 Å². The first-order valence-electron chi connectivity index (χ1n) is 22.5. The predicted octanol–water partition coefficient (Wildman–Crippen LogP) is 13.1. The van der Waals surface area contributed by atoms with Gasteiger partial charge in [0.1, 0.15) is 11.5 Å². The van der Waals surface area contributed by atoms with E-state index >= 15 is 0 Å². The normalized spacial score (nSPS) is 12.0. The molecule has 82 heavy (non-hydrogen) atoms. The second kappa shape index (κ2) is 31.8. The number of anilines is 2. The molecule has 0 fully saturated rings. The molecule has 0 aliphatic heterocycles. The summed E-state index contributed by atoms with van der Waals surface area (Å²) in [5.41, 5.74) is 6.89. The summed E-state index contributed by atoms with van der Waals surface area (Å²) in [7, 11) is 8.47. The van der Waals surface area contributed by atoms with Gasteiger partial charge in [0.05, 0.1) is 67.7 Å². The summed E-state index contributed by atoms with van der Waals surface area (Å²) >= 11 is 20.4. The van der Waals surface area contributed by atoms with Gasteiger partial charge in [-0.3, -0.25) is 18.6 Å². The number of fused-ring (bicyclic) bond motifs is 2. The summed E-state index contributed by atoms with van der Waals surface area (Å²) in [4.78, 5) is 13.3. The smallest absolute Gasteiger partial charge is 0.406 e. The second-order valence-corrected chi connectivity index (χ2v) is 46.2. The van der Waals surface area contributed by atoms with Crippen LogP contribution in [0, 0.1) is 4.77 Å². The van der Waals surface area contributed by atoms with E-state index in [1.165, 1.54) is 52.3 Å². The molecule has 13 nitrogen and oxygen atoms in total. The van der Waals surface area contributed by atoms with Gasteiger partial charge >= 0.3 is 18.4 Å². The van der Waals surface area contributed by atoms with Crippen molar-refractivity contribution in [3.63, 3.8) is 0 Å². The third kappa shape index (κ3) is 22.4. The number of aromatic nitrogens is 4. The molecule has 8 rings (SSSR count). The molecule has 6 aromatic carbocycles. The molecule has 0 saturated carbocycles. The number of nitrogens with zero attached hydrogens (tertiary/aromatic N) is 4. The number of sulfonamides is 2. The number of ether oxygens (including phenoxy) is 2. The number of imidazole rings is 2. The van der Waals surface area contributed by atoms with Crippen LogP contribution in [0.25, 0.3) is 22.1 Å². The van der Waals surface area contributed by atoms with E-state index in [9.17, 15) is 48.0 Å². The van der Waals surface area contributed by atoms with Crippen LogP contribution in [0.5, 0.6) is 11.5 Å². The zero-order valence-corrected chi connectivity index (χ0v) is 55.9. The number of hydrogen-bond acceptors (Lipinski definition) is 11. The fourth-order valence-electron chi connectivity index (χ4n) is 7.41. The lowest BCUT2D eigenvalue weighted by atomic mass is 10.2. The Bertz CT molecular complexity index is 4050. The Labute approximate surface area is 512 Å². The molecule has 0 atom stereocenters. The molecule has 0 saturated heterocycles. The highest BCUT2D eigenvalue weighted by Crippen LogP contribution is 2.69. The minimum Gasteiger partial charge on any atom is -0.406 e. The SMILES string of the molecule is CS(=O)(=O)Nc1ccc(Cn2c(=O)n(Cc3ccc(OC(F)(F)F)cc3)c3ccccc32)cc1.CS(=O)(=O)Nc1ccc(Cn2c(=S)n(Cc3ccc(OC(F)(F)F)cc3)c3ccccc32)cc1.S=PP(P=S)P=S=S=S=S=S=S=S=S. The quantitative estimate of drug-likeness (QED) is 0.0510. The molecule has 0 amide bonds. The molecule has 2 N–H and O–H groups in total. The highest BCUT2D eigenvalue weighted by molar-refractivity contribution is 8.87. The average molecular weight is 1440 g/mol. The summed E-state index contributed by atoms with van der Waals surface area (Å²) in [6, 6.07) is 39.7. The van der Waals surface area contributed by atoms with E-state index in [2.05, 4.69) is 18.9 Å². The topological polar surface area (TPSA) is 148 Å². The lowest BCUT2D eigenvalue weighted by Crippen LogP contribution is -2.25. The van der Waals surface area contributed by atoms with Gasteiger partial charge in [0.15, 0.2) is 4.77 Å². The van der Waals surface area contributed by atoms with Gasteiger partial charge in [-0.25, -0.2) is 21.6 Å². The van der Waals surface area contributed by atoms with Crippen molar-refractivity contribution >= 4 is 191 Å². The summed E-state index contributed by atoms with van der Waals surface area (Å²) in [5.74, 6) is -0.615. The van der Waals surface area contributed by atoms with Crippen LogP contribution in [0.1, 0.15) is 22.3 Å². The van der Waals surface area contributed by atoms with Gasteiger partial charge in [-0.2, -0.15) is 0 Å². The number of hydrogen-bond donors (Lipinski definition) is 2. The van der Waals surface area contributed by atoms with Crippen LogP contribution in [-0.2, 0) is 144 Å². The number of benzene rings is 6. The number of rotatable bonds is 17. The van der Waals surface area contributed by atoms with Gasteiger partial charge in [-0.15, -0.1) is 26.3 Å². The van der Waals surface area contributed by atoms with Crippen LogP contribution in [0.4, 0.5) is 37.7 Å². The molecular weight excluding hydrogens is 1400 g/mol. The Hall–Kier alpha value is -3.51. The first-order chi connectivity index (χ1) is 38.8. The molecule has 0 radical (unpaired) electrons. The van der Waals surface area contributed by atoms with Gasteiger partial charge in [0, 0.05) is 32.5 Å². The monoisotopic (exact) mass is 1440 g/mol. The molecule has 0 spiro atoms. The van der Waals surface area contributed by atoms with Crippen molar-refractivity contribution in [2.45, 2.75) is 38.9 Å². The lowest BCUT2D eigenvalue weighted by molar-refractivity contribution is -0.275. The Kier molecular flexibility index (Phi) is 26.2. The maximum Gasteiger partial charge on any atom is 0.573 e. The fourth-order valence-corrected chi connectivity index (χ4v) is 44.2. The molecule has 0 aliphatic rings. The van der Waals surface area contributed by atoms with Crippen LogP contribution in [0.2, 0.25) is 0 Å². The van der Waals surface area contributed by atoms with E-state index in [0.717, 1.165) is 54.3 Å². The van der Waals surface area contributed by atoms with Crippen molar-refractivity contribution in [1.82, 2.24) is 18.3 Å². The minimum atomic E-state index is -4.77. The summed E-state index contributed by atoms with van der Waals surface area (Å²) in [5, 5.41) is 0. The maximum atomic E-state index is 13.3. The van der Waals surface area contributed by atoms with Crippen LogP contribution >= 0.6 is 40.3 Å². The zero-order chi connectivity index (χ0) is 59.7. The molecule has 2 heterocycles.